The first kappa shape index (κ1) is 41.2. The number of unbranched alkanes of at least 4 members (excludes halogenated alkanes) is 3. The molecule has 1 atom stereocenters. The minimum Gasteiger partial charge on any atom is -0.494 e. The van der Waals surface area contributed by atoms with Crippen LogP contribution in [-0.2, 0) is 22.1 Å². The predicted molar refractivity (Wildman–Crippen MR) is 220 cm³/mol. The summed E-state index contributed by atoms with van der Waals surface area (Å²) in [4.78, 5) is 22.9. The van der Waals surface area contributed by atoms with Crippen molar-refractivity contribution < 1.29 is 13.8 Å². The fourth-order valence-electron chi connectivity index (χ4n) is 6.18. The fourth-order valence-corrected chi connectivity index (χ4v) is 7.80. The standard InChI is InChI=1S/C43H53N8O3P/c1-35(2)51(36(3)4)55(54-29-17-22-44)53-28-16-6-5-15-27-52-39-31-37(33-49(40-18-7-11-23-45-40)41-19-8-12-24-46-41)30-38(32-39)34-50(42-20-9-13-25-47-42)43-21-10-14-26-48-43/h7-14,18-21,23-26,30-32,35-36H,5-6,15-17,27-29,33-34H2,1-4H3. The van der Waals surface area contributed by atoms with Gasteiger partial charge < -0.3 is 23.6 Å². The van der Waals surface area contributed by atoms with Crippen molar-refractivity contribution in [2.75, 3.05) is 29.6 Å². The lowest BCUT2D eigenvalue weighted by atomic mass is 10.1. The van der Waals surface area contributed by atoms with Crippen molar-refractivity contribution in [3.8, 4) is 11.8 Å². The second kappa shape index (κ2) is 22.4. The van der Waals surface area contributed by atoms with E-state index in [4.69, 9.17) is 19.0 Å². The monoisotopic (exact) mass is 760 g/mol. The molecule has 0 spiro atoms. The number of benzene rings is 1. The third kappa shape index (κ3) is 13.1. The highest BCUT2D eigenvalue weighted by Gasteiger charge is 2.27. The molecular weight excluding hydrogens is 707 g/mol. The number of rotatable bonds is 23. The van der Waals surface area contributed by atoms with E-state index in [9.17, 15) is 0 Å². The minimum absolute atomic E-state index is 0.283. The highest BCUT2D eigenvalue weighted by atomic mass is 31.2. The van der Waals surface area contributed by atoms with Gasteiger partial charge >= 0.3 is 0 Å². The molecule has 11 nitrogen and oxygen atoms in total. The Balaban J connectivity index is 1.27. The normalized spacial score (nSPS) is 11.8. The number of nitrogens with zero attached hydrogens (tertiary/aromatic N) is 8. The predicted octanol–water partition coefficient (Wildman–Crippen LogP) is 10.2. The van der Waals surface area contributed by atoms with Gasteiger partial charge in [0.1, 0.15) is 29.0 Å². The summed E-state index contributed by atoms with van der Waals surface area (Å²) in [5.41, 5.74) is 2.13. The maximum atomic E-state index is 8.99. The van der Waals surface area contributed by atoms with Gasteiger partial charge in [-0.05, 0) is 119 Å². The van der Waals surface area contributed by atoms with E-state index in [1.165, 1.54) is 0 Å². The van der Waals surface area contributed by atoms with Crippen molar-refractivity contribution in [3.63, 3.8) is 0 Å². The van der Waals surface area contributed by atoms with Crippen molar-refractivity contribution in [1.29, 1.82) is 5.26 Å². The summed E-state index contributed by atoms with van der Waals surface area (Å²) in [6.07, 6.45) is 11.4. The number of aromatic nitrogens is 4. The molecule has 0 aliphatic carbocycles. The summed E-state index contributed by atoms with van der Waals surface area (Å²) in [5.74, 6) is 4.05. The van der Waals surface area contributed by atoms with Crippen LogP contribution in [0.3, 0.4) is 0 Å². The average molecular weight is 761 g/mol. The number of pyridine rings is 4. The molecular formula is C43H53N8O3P. The lowest BCUT2D eigenvalue weighted by Crippen LogP contribution is -2.33. The van der Waals surface area contributed by atoms with E-state index in [0.717, 1.165) is 65.8 Å². The van der Waals surface area contributed by atoms with E-state index in [2.05, 4.69) is 86.4 Å². The van der Waals surface area contributed by atoms with E-state index in [-0.39, 0.29) is 12.1 Å². The molecule has 0 saturated heterocycles. The third-order valence-corrected chi connectivity index (χ3v) is 10.7. The van der Waals surface area contributed by atoms with Crippen molar-refractivity contribution >= 4 is 31.8 Å². The largest absolute Gasteiger partial charge is 0.494 e. The summed E-state index contributed by atoms with van der Waals surface area (Å²) in [6.45, 7) is 11.3. The molecule has 4 aromatic heterocycles. The van der Waals surface area contributed by atoms with Crippen LogP contribution in [0.25, 0.3) is 0 Å². The Labute approximate surface area is 327 Å². The number of hydrogen-bond donors (Lipinski definition) is 0. The van der Waals surface area contributed by atoms with Crippen LogP contribution in [-0.4, -0.2) is 56.5 Å². The molecule has 0 aliphatic heterocycles. The molecule has 0 fully saturated rings. The average Bonchev–Trinajstić information content (AvgIpc) is 3.21. The highest BCUT2D eigenvalue weighted by molar-refractivity contribution is 7.44. The van der Waals surface area contributed by atoms with E-state index < -0.39 is 8.53 Å². The number of anilines is 4. The van der Waals surface area contributed by atoms with Gasteiger partial charge in [0, 0.05) is 36.9 Å². The first-order valence-corrected chi connectivity index (χ1v) is 20.2. The van der Waals surface area contributed by atoms with Gasteiger partial charge in [0.05, 0.1) is 45.4 Å². The summed E-state index contributed by atoms with van der Waals surface area (Å²) in [7, 11) is -1.22. The molecule has 0 saturated carbocycles. The zero-order chi connectivity index (χ0) is 38.7. The van der Waals surface area contributed by atoms with Crippen LogP contribution < -0.4 is 14.5 Å². The maximum absolute atomic E-state index is 8.99. The lowest BCUT2D eigenvalue weighted by Gasteiger charge is -2.35. The Kier molecular flexibility index (Phi) is 16.8. The van der Waals surface area contributed by atoms with Crippen LogP contribution in [0, 0.1) is 11.3 Å². The lowest BCUT2D eigenvalue weighted by molar-refractivity contribution is 0.174. The van der Waals surface area contributed by atoms with Gasteiger partial charge in [0.15, 0.2) is 0 Å². The van der Waals surface area contributed by atoms with Crippen molar-refractivity contribution in [2.45, 2.75) is 85.0 Å². The van der Waals surface area contributed by atoms with E-state index in [0.29, 0.717) is 39.3 Å². The first-order valence-electron chi connectivity index (χ1n) is 19.1. The van der Waals surface area contributed by atoms with Crippen LogP contribution in [0.5, 0.6) is 5.75 Å². The van der Waals surface area contributed by atoms with Crippen LogP contribution >= 0.6 is 8.53 Å². The summed E-state index contributed by atoms with van der Waals surface area (Å²) < 4.78 is 21.0. The Morgan fingerprint density at radius 2 is 1.02 bits per heavy atom. The minimum atomic E-state index is -1.22. The molecule has 1 unspecified atom stereocenters. The molecule has 4 heterocycles. The molecule has 0 bridgehead atoms. The van der Waals surface area contributed by atoms with Gasteiger partial charge in [0.25, 0.3) is 8.53 Å². The molecule has 288 valence electrons. The van der Waals surface area contributed by atoms with Crippen LogP contribution in [0.15, 0.2) is 116 Å². The van der Waals surface area contributed by atoms with Gasteiger partial charge in [-0.3, -0.25) is 0 Å². The smallest absolute Gasteiger partial charge is 0.259 e. The van der Waals surface area contributed by atoms with Crippen LogP contribution in [0.2, 0.25) is 0 Å². The van der Waals surface area contributed by atoms with Crippen molar-refractivity contribution in [3.05, 3.63) is 127 Å². The zero-order valence-electron chi connectivity index (χ0n) is 32.4. The van der Waals surface area contributed by atoms with Crippen molar-refractivity contribution in [1.82, 2.24) is 24.6 Å². The first-order chi connectivity index (χ1) is 26.9. The quantitative estimate of drug-likeness (QED) is 0.0468. The Morgan fingerprint density at radius 1 is 0.582 bits per heavy atom. The van der Waals surface area contributed by atoms with Gasteiger partial charge in [-0.2, -0.15) is 5.26 Å². The van der Waals surface area contributed by atoms with Gasteiger partial charge in [-0.1, -0.05) is 36.8 Å². The van der Waals surface area contributed by atoms with Gasteiger partial charge in [-0.15, -0.1) is 0 Å². The molecule has 5 rings (SSSR count). The molecule has 55 heavy (non-hydrogen) atoms. The fraction of sp³-hybridized carbons (Fsp3) is 0.372. The molecule has 5 aromatic rings. The topological polar surface area (TPSA) is 113 Å². The molecule has 0 amide bonds. The molecule has 0 N–H and O–H groups in total. The third-order valence-electron chi connectivity index (χ3n) is 8.58. The van der Waals surface area contributed by atoms with E-state index in [1.54, 1.807) is 24.8 Å². The second-order valence-corrected chi connectivity index (χ2v) is 15.0. The Hall–Kier alpha value is -4.98. The second-order valence-electron chi connectivity index (χ2n) is 13.6. The SMILES string of the molecule is CC(C)N(C(C)C)P(OCCC#N)OCCCCCCOc1cc(CN(c2ccccn2)c2ccccn2)cc(CN(c2ccccn2)c2ccccn2)c1. The Morgan fingerprint density at radius 3 is 1.42 bits per heavy atom. The summed E-state index contributed by atoms with van der Waals surface area (Å²) in [5, 5.41) is 8.99. The van der Waals surface area contributed by atoms with Crippen LogP contribution in [0.1, 0.15) is 70.9 Å². The zero-order valence-corrected chi connectivity index (χ0v) is 33.3. The van der Waals surface area contributed by atoms with Gasteiger partial charge in [-0.25, -0.2) is 24.6 Å². The number of hydrogen-bond acceptors (Lipinski definition) is 11. The Bertz CT molecular complexity index is 1660. The van der Waals surface area contributed by atoms with Gasteiger partial charge in [0.2, 0.25) is 0 Å². The summed E-state index contributed by atoms with van der Waals surface area (Å²) >= 11 is 0. The van der Waals surface area contributed by atoms with Crippen molar-refractivity contribution in [2.24, 2.45) is 0 Å². The molecule has 1 aromatic carbocycles. The molecule has 12 heteroatoms. The van der Waals surface area contributed by atoms with E-state index >= 15 is 0 Å². The van der Waals surface area contributed by atoms with E-state index in [1.807, 2.05) is 72.8 Å². The highest BCUT2D eigenvalue weighted by Crippen LogP contribution is 2.46. The van der Waals surface area contributed by atoms with Crippen LogP contribution in [0.4, 0.5) is 23.3 Å². The maximum Gasteiger partial charge on any atom is 0.259 e. The molecule has 0 aliphatic rings. The number of nitriles is 1. The number of ether oxygens (including phenoxy) is 1. The molecule has 0 radical (unpaired) electrons. The summed E-state index contributed by atoms with van der Waals surface area (Å²) in [6, 6.07) is 32.8.